The van der Waals surface area contributed by atoms with Crippen LogP contribution in [0.3, 0.4) is 0 Å². The van der Waals surface area contributed by atoms with Gasteiger partial charge in [0.05, 0.1) is 18.6 Å². The van der Waals surface area contributed by atoms with Gasteiger partial charge in [-0.1, -0.05) is 6.92 Å². The summed E-state index contributed by atoms with van der Waals surface area (Å²) in [6.07, 6.45) is 0.572. The molecule has 0 saturated carbocycles. The summed E-state index contributed by atoms with van der Waals surface area (Å²) in [5.41, 5.74) is 3.33. The summed E-state index contributed by atoms with van der Waals surface area (Å²) in [5, 5.41) is 19.5. The van der Waals surface area contributed by atoms with Gasteiger partial charge in [-0.2, -0.15) is 0 Å². The van der Waals surface area contributed by atoms with E-state index in [1.165, 1.54) is 24.3 Å². The molecule has 0 bridgehead atoms. The van der Waals surface area contributed by atoms with Crippen molar-refractivity contribution in [3.8, 4) is 5.75 Å². The molecule has 0 aliphatic carbocycles. The van der Waals surface area contributed by atoms with Gasteiger partial charge in [-0.05, 0) is 61.7 Å². The van der Waals surface area contributed by atoms with Crippen LogP contribution in [0.1, 0.15) is 42.3 Å². The Hall–Kier alpha value is -2.97. The topological polar surface area (TPSA) is 85.8 Å². The quantitative estimate of drug-likeness (QED) is 0.495. The number of nitrogens with zero attached hydrogens (tertiary/aromatic N) is 1. The summed E-state index contributed by atoms with van der Waals surface area (Å²) >= 11 is 0. The van der Waals surface area contributed by atoms with Crippen LogP contribution in [0.15, 0.2) is 30.3 Å². The Labute approximate surface area is 190 Å². The number of carboxylic acid groups (broad SMARTS) is 1. The molecule has 1 aromatic heterocycles. The van der Waals surface area contributed by atoms with Crippen LogP contribution in [0.5, 0.6) is 5.75 Å². The van der Waals surface area contributed by atoms with E-state index in [1.807, 2.05) is 11.8 Å². The zero-order chi connectivity index (χ0) is 23.9. The predicted molar refractivity (Wildman–Crippen MR) is 120 cm³/mol. The molecule has 0 saturated heterocycles. The monoisotopic (exact) mass is 458 g/mol. The molecule has 3 N–H and O–H groups in total. The molecule has 33 heavy (non-hydrogen) atoms. The predicted octanol–water partition coefficient (Wildman–Crippen LogP) is 4.18. The number of aromatic nitrogens is 1. The number of rotatable bonds is 7. The molecule has 176 valence electrons. The van der Waals surface area contributed by atoms with Gasteiger partial charge in [0.25, 0.3) is 0 Å². The Balaban J connectivity index is 1.94. The summed E-state index contributed by atoms with van der Waals surface area (Å²) in [6, 6.07) is 6.65. The lowest BCUT2D eigenvalue weighted by molar-refractivity contribution is -0.142. The minimum Gasteiger partial charge on any atom is -0.491 e. The smallest absolute Gasteiger partial charge is 0.307 e. The third kappa shape index (κ3) is 4.20. The number of carbonyl (C=O) groups is 1. The number of aliphatic carboxylic acids is 1. The van der Waals surface area contributed by atoms with Crippen LogP contribution in [0.4, 0.5) is 8.78 Å². The maximum absolute atomic E-state index is 15.4. The minimum absolute atomic E-state index is 0.0731. The number of halogens is 2. The van der Waals surface area contributed by atoms with E-state index < -0.39 is 23.7 Å². The van der Waals surface area contributed by atoms with Crippen molar-refractivity contribution in [3.63, 3.8) is 0 Å². The largest absolute Gasteiger partial charge is 0.491 e. The Bertz CT molecular complexity index is 1190. The molecule has 0 spiro atoms. The molecular formula is C25H28F2N2O4. The number of hydrogen-bond acceptors (Lipinski definition) is 4. The average Bonchev–Trinajstić information content (AvgIpc) is 3.12. The van der Waals surface area contributed by atoms with Crippen molar-refractivity contribution in [2.45, 2.75) is 39.3 Å². The molecule has 3 aromatic rings. The molecule has 0 amide bonds. The van der Waals surface area contributed by atoms with Crippen molar-refractivity contribution in [3.05, 3.63) is 64.4 Å². The molecule has 2 heterocycles. The van der Waals surface area contributed by atoms with Gasteiger partial charge in [-0.15, -0.1) is 0 Å². The SMILES string of the molecule is Cc1c(OCCO)ccc(F)c1[C@@H]1c2[nH]c3ccc(F)cc3c2C[C@@H](C)N1CC(C)C(=O)O. The van der Waals surface area contributed by atoms with E-state index in [0.29, 0.717) is 23.3 Å². The van der Waals surface area contributed by atoms with E-state index in [9.17, 15) is 14.3 Å². The first-order chi connectivity index (χ1) is 15.7. The molecule has 0 radical (unpaired) electrons. The Morgan fingerprint density at radius 1 is 1.30 bits per heavy atom. The number of aliphatic hydroxyl groups excluding tert-OH is 1. The van der Waals surface area contributed by atoms with E-state index >= 15 is 4.39 Å². The number of carboxylic acids is 1. The van der Waals surface area contributed by atoms with Crippen LogP contribution >= 0.6 is 0 Å². The number of aliphatic hydroxyl groups is 1. The minimum atomic E-state index is -0.928. The van der Waals surface area contributed by atoms with Gasteiger partial charge in [-0.25, -0.2) is 8.78 Å². The normalized spacial score (nSPS) is 19.5. The van der Waals surface area contributed by atoms with Crippen LogP contribution in [0.2, 0.25) is 0 Å². The van der Waals surface area contributed by atoms with Crippen LogP contribution in [-0.2, 0) is 11.2 Å². The highest BCUT2D eigenvalue weighted by Crippen LogP contribution is 2.44. The third-order valence-corrected chi connectivity index (χ3v) is 6.51. The van der Waals surface area contributed by atoms with Gasteiger partial charge in [-0.3, -0.25) is 9.69 Å². The van der Waals surface area contributed by atoms with E-state index in [0.717, 1.165) is 22.2 Å². The summed E-state index contributed by atoms with van der Waals surface area (Å²) in [6.45, 7) is 5.47. The number of hydrogen-bond donors (Lipinski definition) is 3. The molecule has 2 aromatic carbocycles. The van der Waals surface area contributed by atoms with E-state index in [1.54, 1.807) is 19.9 Å². The highest BCUT2D eigenvalue weighted by molar-refractivity contribution is 5.85. The maximum Gasteiger partial charge on any atom is 0.307 e. The number of fused-ring (bicyclic) bond motifs is 3. The fourth-order valence-corrected chi connectivity index (χ4v) is 4.84. The lowest BCUT2D eigenvalue weighted by atomic mass is 9.85. The van der Waals surface area contributed by atoms with Crippen molar-refractivity contribution in [2.75, 3.05) is 19.8 Å². The summed E-state index contributed by atoms with van der Waals surface area (Å²) < 4.78 is 35.1. The number of nitrogens with one attached hydrogen (secondary N) is 1. The number of H-pyrrole nitrogens is 1. The number of ether oxygens (including phenoxy) is 1. The highest BCUT2D eigenvalue weighted by atomic mass is 19.1. The molecule has 3 atom stereocenters. The van der Waals surface area contributed by atoms with Crippen molar-refractivity contribution in [1.82, 2.24) is 9.88 Å². The Kier molecular flexibility index (Phi) is 6.41. The second-order valence-electron chi connectivity index (χ2n) is 8.76. The fourth-order valence-electron chi connectivity index (χ4n) is 4.84. The van der Waals surface area contributed by atoms with Gasteiger partial charge in [0.2, 0.25) is 0 Å². The van der Waals surface area contributed by atoms with Gasteiger partial charge in [0.1, 0.15) is 24.0 Å². The van der Waals surface area contributed by atoms with Crippen molar-refractivity contribution in [1.29, 1.82) is 0 Å². The summed E-state index contributed by atoms with van der Waals surface area (Å²) in [7, 11) is 0. The highest BCUT2D eigenvalue weighted by Gasteiger charge is 2.39. The zero-order valence-electron chi connectivity index (χ0n) is 18.9. The summed E-state index contributed by atoms with van der Waals surface area (Å²) in [5.74, 6) is -1.93. The standard InChI is InChI=1S/C25H28F2N2O4/c1-13(25(31)32)12-29-14(2)10-18-17-11-16(26)4-6-20(17)28-23(18)24(29)22-15(3)21(33-9-8-30)7-5-19(22)27/h4-7,11,13-14,24,28,30H,8-10,12H2,1-3H3,(H,31,32)/t13?,14-,24-/m1/s1. The molecule has 4 rings (SSSR count). The summed E-state index contributed by atoms with van der Waals surface area (Å²) in [4.78, 5) is 17.0. The number of aromatic amines is 1. The van der Waals surface area contributed by atoms with E-state index in [-0.39, 0.29) is 31.6 Å². The van der Waals surface area contributed by atoms with Crippen LogP contribution in [0, 0.1) is 24.5 Å². The average molecular weight is 459 g/mol. The number of benzene rings is 2. The van der Waals surface area contributed by atoms with Gasteiger partial charge in [0.15, 0.2) is 0 Å². The fraction of sp³-hybridized carbons (Fsp3) is 0.400. The second kappa shape index (κ2) is 9.11. The molecule has 1 aliphatic rings. The third-order valence-electron chi connectivity index (χ3n) is 6.51. The van der Waals surface area contributed by atoms with E-state index in [2.05, 4.69) is 4.98 Å². The van der Waals surface area contributed by atoms with Gasteiger partial charge in [0, 0.05) is 34.7 Å². The van der Waals surface area contributed by atoms with Crippen LogP contribution in [0.25, 0.3) is 10.9 Å². The van der Waals surface area contributed by atoms with E-state index in [4.69, 9.17) is 9.84 Å². The van der Waals surface area contributed by atoms with Gasteiger partial charge >= 0.3 is 5.97 Å². The van der Waals surface area contributed by atoms with Crippen LogP contribution in [-0.4, -0.2) is 51.9 Å². The first kappa shape index (κ1) is 23.2. The van der Waals surface area contributed by atoms with Crippen molar-refractivity contribution >= 4 is 16.9 Å². The maximum atomic E-state index is 15.4. The lowest BCUT2D eigenvalue weighted by Crippen LogP contribution is -2.46. The van der Waals surface area contributed by atoms with Crippen molar-refractivity contribution < 1.29 is 28.5 Å². The Morgan fingerprint density at radius 2 is 2.06 bits per heavy atom. The molecular weight excluding hydrogens is 430 g/mol. The molecule has 1 unspecified atom stereocenters. The first-order valence-electron chi connectivity index (χ1n) is 11.0. The first-order valence-corrected chi connectivity index (χ1v) is 11.0. The van der Waals surface area contributed by atoms with Crippen LogP contribution < -0.4 is 4.74 Å². The Morgan fingerprint density at radius 3 is 2.76 bits per heavy atom. The molecule has 6 nitrogen and oxygen atoms in total. The molecule has 0 fully saturated rings. The lowest BCUT2D eigenvalue weighted by Gasteiger charge is -2.42. The molecule has 8 heteroatoms. The molecule has 1 aliphatic heterocycles. The van der Waals surface area contributed by atoms with Crippen molar-refractivity contribution in [2.24, 2.45) is 5.92 Å². The second-order valence-corrected chi connectivity index (χ2v) is 8.76. The van der Waals surface area contributed by atoms with Gasteiger partial charge < -0.3 is 19.9 Å². The zero-order valence-corrected chi connectivity index (χ0v) is 18.9.